The van der Waals surface area contributed by atoms with Crippen molar-refractivity contribution in [1.29, 1.82) is 0 Å². The Hall–Kier alpha value is -3.90. The summed E-state index contributed by atoms with van der Waals surface area (Å²) in [7, 11) is 0. The topological polar surface area (TPSA) is 30.2 Å². The van der Waals surface area contributed by atoms with Crippen molar-refractivity contribution in [2.75, 3.05) is 0 Å². The molecule has 128 valence electrons. The molecule has 2 aromatic heterocycles. The molecule has 3 nitrogen and oxygen atoms in total. The quantitative estimate of drug-likeness (QED) is 0.458. The number of benzene rings is 1. The monoisotopic (exact) mass is 347 g/mol. The van der Waals surface area contributed by atoms with Gasteiger partial charge in [0, 0.05) is 17.3 Å². The molecule has 0 radical (unpaired) electrons. The van der Waals surface area contributed by atoms with E-state index in [9.17, 15) is 0 Å². The highest BCUT2D eigenvalue weighted by atomic mass is 15.0. The minimum Gasteiger partial charge on any atom is -0.289 e. The summed E-state index contributed by atoms with van der Waals surface area (Å²) in [4.78, 5) is 8.91. The van der Waals surface area contributed by atoms with Gasteiger partial charge in [-0.3, -0.25) is 9.38 Å². The van der Waals surface area contributed by atoms with Gasteiger partial charge in [0.1, 0.15) is 5.69 Å². The molecular weight excluding hydrogens is 330 g/mol. The van der Waals surface area contributed by atoms with E-state index in [0.717, 1.165) is 28.2 Å². The average Bonchev–Trinajstić information content (AvgIpc) is 3.13. The van der Waals surface area contributed by atoms with Crippen LogP contribution in [-0.2, 0) is 0 Å². The Kier molecular flexibility index (Phi) is 4.90. The highest BCUT2D eigenvalue weighted by molar-refractivity contribution is 5.60. The van der Waals surface area contributed by atoms with Crippen molar-refractivity contribution in [1.82, 2.24) is 14.4 Å². The number of fused-ring (bicyclic) bond motifs is 1. The second kappa shape index (κ2) is 7.99. The van der Waals surface area contributed by atoms with Gasteiger partial charge < -0.3 is 0 Å². The molecule has 0 saturated carbocycles. The Labute approximate surface area is 158 Å². The van der Waals surface area contributed by atoms with Crippen LogP contribution in [0.3, 0.4) is 0 Å². The summed E-state index contributed by atoms with van der Waals surface area (Å²) in [5.41, 5.74) is 4.49. The Morgan fingerprint density at radius 1 is 0.630 bits per heavy atom. The first-order valence-electron chi connectivity index (χ1n) is 8.69. The predicted octanol–water partition coefficient (Wildman–Crippen LogP) is 4.92. The highest BCUT2D eigenvalue weighted by Gasteiger charge is 2.04. The van der Waals surface area contributed by atoms with E-state index in [1.807, 2.05) is 95.5 Å². The van der Waals surface area contributed by atoms with Crippen molar-refractivity contribution < 1.29 is 0 Å². The number of hydrogen-bond donors (Lipinski definition) is 0. The Balaban J connectivity index is 1.75. The number of imidazole rings is 1. The van der Waals surface area contributed by atoms with Gasteiger partial charge in [-0.15, -0.1) is 0 Å². The van der Waals surface area contributed by atoms with Gasteiger partial charge in [0.2, 0.25) is 0 Å². The van der Waals surface area contributed by atoms with Gasteiger partial charge in [-0.05, 0) is 18.1 Å². The Morgan fingerprint density at radius 3 is 2.00 bits per heavy atom. The van der Waals surface area contributed by atoms with Crippen molar-refractivity contribution >= 4 is 5.65 Å². The second-order valence-electron chi connectivity index (χ2n) is 5.90. The van der Waals surface area contributed by atoms with Gasteiger partial charge in [-0.1, -0.05) is 78.7 Å². The lowest BCUT2D eigenvalue weighted by Gasteiger charge is -2.02. The van der Waals surface area contributed by atoms with Gasteiger partial charge in [-0.25, -0.2) is 4.98 Å². The fourth-order valence-corrected chi connectivity index (χ4v) is 2.65. The Morgan fingerprint density at radius 2 is 1.26 bits per heavy atom. The van der Waals surface area contributed by atoms with Crippen LogP contribution in [0.5, 0.6) is 0 Å². The Bertz CT molecular complexity index is 1160. The van der Waals surface area contributed by atoms with Crippen LogP contribution in [0.25, 0.3) is 16.9 Å². The SMILES string of the molecule is C(#Cc1cnc2cnc(-c3ccccc3)cn12)c1ccccccccc1. The lowest BCUT2D eigenvalue weighted by molar-refractivity contribution is 1.12. The van der Waals surface area contributed by atoms with Gasteiger partial charge in [0.25, 0.3) is 0 Å². The van der Waals surface area contributed by atoms with Crippen molar-refractivity contribution in [2.45, 2.75) is 0 Å². The van der Waals surface area contributed by atoms with Crippen LogP contribution in [0.2, 0.25) is 0 Å². The number of rotatable bonds is 1. The van der Waals surface area contributed by atoms with Crippen molar-refractivity contribution in [3.05, 3.63) is 115 Å². The summed E-state index contributed by atoms with van der Waals surface area (Å²) in [6, 6.07) is 28.0. The van der Waals surface area contributed by atoms with Crippen LogP contribution in [0.4, 0.5) is 0 Å². The molecule has 27 heavy (non-hydrogen) atoms. The average molecular weight is 347 g/mol. The lowest BCUT2D eigenvalue weighted by atomic mass is 10.2. The molecule has 0 fully saturated rings. The molecule has 2 heterocycles. The maximum absolute atomic E-state index is 4.51. The highest BCUT2D eigenvalue weighted by Crippen LogP contribution is 2.17. The summed E-state index contributed by atoms with van der Waals surface area (Å²) in [6.45, 7) is 0. The van der Waals surface area contributed by atoms with Crippen LogP contribution in [0.15, 0.2) is 104 Å². The summed E-state index contributed by atoms with van der Waals surface area (Å²) >= 11 is 0. The third kappa shape index (κ3) is 4.02. The zero-order valence-electron chi connectivity index (χ0n) is 14.7. The molecule has 0 N–H and O–H groups in total. The van der Waals surface area contributed by atoms with E-state index in [4.69, 9.17) is 0 Å². The van der Waals surface area contributed by atoms with Gasteiger partial charge >= 0.3 is 0 Å². The molecule has 0 spiro atoms. The molecule has 0 amide bonds. The van der Waals surface area contributed by atoms with Crippen LogP contribution in [0, 0.1) is 11.8 Å². The molecule has 0 aliphatic rings. The van der Waals surface area contributed by atoms with Crippen LogP contribution >= 0.6 is 0 Å². The molecule has 0 unspecified atom stereocenters. The molecule has 4 aromatic rings. The van der Waals surface area contributed by atoms with E-state index in [0.29, 0.717) is 0 Å². The molecule has 0 aliphatic heterocycles. The third-order valence-corrected chi connectivity index (χ3v) is 4.02. The van der Waals surface area contributed by atoms with Crippen molar-refractivity contribution in [2.24, 2.45) is 0 Å². The van der Waals surface area contributed by atoms with E-state index in [1.54, 1.807) is 12.4 Å². The molecule has 0 atom stereocenters. The number of hydrogen-bond acceptors (Lipinski definition) is 2. The summed E-state index contributed by atoms with van der Waals surface area (Å²) in [5.74, 6) is 6.45. The normalized spacial score (nSPS) is 9.93. The van der Waals surface area contributed by atoms with Crippen LogP contribution in [-0.4, -0.2) is 14.4 Å². The summed E-state index contributed by atoms with van der Waals surface area (Å²) < 4.78 is 1.98. The largest absolute Gasteiger partial charge is 0.289 e. The minimum atomic E-state index is 0.780. The standard InChI is InChI=1S/C24H17N3/c1-2-4-7-11-20(12-8-5-3-1)15-16-22-17-26-24-18-25-23(19-27(22)24)21-13-9-6-10-14-21/h1-14,17-19H. The zero-order valence-corrected chi connectivity index (χ0v) is 14.7. The molecule has 3 heteroatoms. The first kappa shape index (κ1) is 16.6. The summed E-state index contributed by atoms with van der Waals surface area (Å²) in [5, 5.41) is 0. The molecule has 0 saturated heterocycles. The van der Waals surface area contributed by atoms with E-state index < -0.39 is 0 Å². The molecule has 4 rings (SSSR count). The number of aromatic nitrogens is 3. The number of nitrogens with zero attached hydrogens (tertiary/aromatic N) is 3. The van der Waals surface area contributed by atoms with E-state index in [-0.39, 0.29) is 0 Å². The maximum atomic E-state index is 4.51. The first-order chi connectivity index (χ1) is 13.4. The smallest absolute Gasteiger partial charge is 0.156 e. The molecule has 2 aromatic carbocycles. The zero-order chi connectivity index (χ0) is 18.3. The van der Waals surface area contributed by atoms with Crippen LogP contribution < -0.4 is 0 Å². The van der Waals surface area contributed by atoms with Gasteiger partial charge in [-0.2, -0.15) is 0 Å². The van der Waals surface area contributed by atoms with Gasteiger partial charge in [0.15, 0.2) is 5.65 Å². The lowest BCUT2D eigenvalue weighted by Crippen LogP contribution is -1.92. The van der Waals surface area contributed by atoms with Gasteiger partial charge in [0.05, 0.1) is 18.1 Å². The second-order valence-corrected chi connectivity index (χ2v) is 5.90. The maximum Gasteiger partial charge on any atom is 0.156 e. The predicted molar refractivity (Wildman–Crippen MR) is 108 cm³/mol. The molecule has 0 bridgehead atoms. The van der Waals surface area contributed by atoms with E-state index in [2.05, 4.69) is 21.8 Å². The van der Waals surface area contributed by atoms with E-state index in [1.165, 1.54) is 0 Å². The minimum absolute atomic E-state index is 0.780. The van der Waals surface area contributed by atoms with E-state index >= 15 is 0 Å². The van der Waals surface area contributed by atoms with Crippen molar-refractivity contribution in [3.8, 4) is 23.1 Å². The van der Waals surface area contributed by atoms with Crippen molar-refractivity contribution in [3.63, 3.8) is 0 Å². The fraction of sp³-hybridized carbons (Fsp3) is 0. The van der Waals surface area contributed by atoms with Crippen LogP contribution in [0.1, 0.15) is 11.3 Å². The molecular formula is C24H17N3. The first-order valence-corrected chi connectivity index (χ1v) is 8.69. The molecule has 0 aliphatic carbocycles. The third-order valence-electron chi connectivity index (χ3n) is 4.02. The fourth-order valence-electron chi connectivity index (χ4n) is 2.65. The summed E-state index contributed by atoms with van der Waals surface area (Å²) in [6.07, 6.45) is 5.53.